The smallest absolute Gasteiger partial charge is 0.260 e. The van der Waals surface area contributed by atoms with Gasteiger partial charge in [-0.2, -0.15) is 5.01 Å². The number of phenols is 1. The van der Waals surface area contributed by atoms with Crippen LogP contribution in [0.2, 0.25) is 5.02 Å². The highest BCUT2D eigenvalue weighted by Gasteiger charge is 2.70. The van der Waals surface area contributed by atoms with Crippen molar-refractivity contribution in [1.29, 1.82) is 0 Å². The van der Waals surface area contributed by atoms with E-state index < -0.39 is 52.6 Å². The molecular formula is C44H33ClFN3O5. The molecule has 0 radical (unpaired) electrons. The van der Waals surface area contributed by atoms with Crippen LogP contribution in [0.15, 0.2) is 127 Å². The molecule has 2 aliphatic carbocycles. The molecule has 2 saturated heterocycles. The van der Waals surface area contributed by atoms with E-state index in [-0.39, 0.29) is 30.4 Å². The Hall–Kier alpha value is -6.06. The van der Waals surface area contributed by atoms with Gasteiger partial charge in [0.1, 0.15) is 11.6 Å². The summed E-state index contributed by atoms with van der Waals surface area (Å²) in [5.74, 6) is -6.42. The Morgan fingerprint density at radius 3 is 2.28 bits per heavy atom. The van der Waals surface area contributed by atoms with Crippen LogP contribution in [0.1, 0.15) is 35.4 Å². The Kier molecular flexibility index (Phi) is 7.83. The van der Waals surface area contributed by atoms with Crippen molar-refractivity contribution in [2.75, 3.05) is 10.3 Å². The molecule has 9 rings (SSSR count). The number of benzene rings is 5. The average Bonchev–Trinajstić information content (AvgIpc) is 3.57. The number of aromatic hydroxyl groups is 1. The third-order valence-corrected chi connectivity index (χ3v) is 12.1. The number of phenolic OH excluding ortho intramolecular Hbond substituents is 1. The first kappa shape index (κ1) is 33.8. The minimum Gasteiger partial charge on any atom is -0.507 e. The molecule has 2 N–H and O–H groups in total. The van der Waals surface area contributed by atoms with Crippen LogP contribution in [-0.4, -0.2) is 33.7 Å². The number of hydrogen-bond donors (Lipinski definition) is 2. The number of hydrogen-bond acceptors (Lipinski definition) is 6. The SMILES string of the molecule is C=Cc1ccc(N2C(=O)C3CC=C4C(CC5C(=O)N(Nc6ccc(F)cc6)C(=O)C5(c5ccc(Cl)cc5)C4c4ccc5ccccc5c4O)C3C2=O)cc1. The molecule has 1 saturated carbocycles. The van der Waals surface area contributed by atoms with Crippen molar-refractivity contribution in [2.24, 2.45) is 23.7 Å². The Morgan fingerprint density at radius 2 is 1.56 bits per heavy atom. The number of hydrazine groups is 1. The Bertz CT molecular complexity index is 2450. The minimum absolute atomic E-state index is 0.0446. The van der Waals surface area contributed by atoms with Gasteiger partial charge in [-0.3, -0.25) is 29.5 Å². The Morgan fingerprint density at radius 1 is 0.833 bits per heavy atom. The summed E-state index contributed by atoms with van der Waals surface area (Å²) < 4.78 is 13.9. The van der Waals surface area contributed by atoms with Gasteiger partial charge in [0, 0.05) is 21.9 Å². The number of nitrogens with one attached hydrogen (secondary N) is 1. The van der Waals surface area contributed by atoms with Gasteiger partial charge < -0.3 is 5.11 Å². The molecule has 0 spiro atoms. The lowest BCUT2D eigenvalue weighted by Crippen LogP contribution is -2.53. The summed E-state index contributed by atoms with van der Waals surface area (Å²) in [6.07, 6.45) is 3.93. The predicted octanol–water partition coefficient (Wildman–Crippen LogP) is 8.17. The average molecular weight is 738 g/mol. The van der Waals surface area contributed by atoms with E-state index in [1.807, 2.05) is 30.3 Å². The molecule has 10 heteroatoms. The highest BCUT2D eigenvalue weighted by Crippen LogP contribution is 2.65. The van der Waals surface area contributed by atoms with Gasteiger partial charge >= 0.3 is 0 Å². The molecule has 2 aliphatic heterocycles. The van der Waals surface area contributed by atoms with Crippen molar-refractivity contribution >= 4 is 63.5 Å². The zero-order chi connectivity index (χ0) is 37.5. The second-order valence-electron chi connectivity index (χ2n) is 14.4. The van der Waals surface area contributed by atoms with E-state index in [1.165, 1.54) is 29.2 Å². The molecule has 0 bridgehead atoms. The van der Waals surface area contributed by atoms with Gasteiger partial charge in [-0.15, -0.1) is 0 Å². The molecule has 5 aromatic rings. The predicted molar refractivity (Wildman–Crippen MR) is 204 cm³/mol. The number of nitrogens with zero attached hydrogens (tertiary/aromatic N) is 2. The van der Waals surface area contributed by atoms with Crippen molar-refractivity contribution in [3.05, 3.63) is 155 Å². The first-order chi connectivity index (χ1) is 26.1. The number of carbonyl (C=O) groups is 4. The van der Waals surface area contributed by atoms with E-state index in [9.17, 15) is 23.9 Å². The van der Waals surface area contributed by atoms with Gasteiger partial charge in [0.05, 0.1) is 34.5 Å². The van der Waals surface area contributed by atoms with Crippen LogP contribution in [0, 0.1) is 29.5 Å². The highest BCUT2D eigenvalue weighted by atomic mass is 35.5. The zero-order valence-electron chi connectivity index (χ0n) is 28.8. The monoisotopic (exact) mass is 737 g/mol. The fourth-order valence-corrected chi connectivity index (χ4v) is 9.64. The molecule has 0 aromatic heterocycles. The molecule has 4 aliphatic rings. The summed E-state index contributed by atoms with van der Waals surface area (Å²) in [7, 11) is 0. The fourth-order valence-electron chi connectivity index (χ4n) is 9.52. The number of allylic oxidation sites excluding steroid dienone is 2. The van der Waals surface area contributed by atoms with Gasteiger partial charge in [-0.25, -0.2) is 4.39 Å². The maximum atomic E-state index is 15.4. The number of rotatable bonds is 6. The molecule has 2 heterocycles. The van der Waals surface area contributed by atoms with Crippen LogP contribution >= 0.6 is 11.6 Å². The Balaban J connectivity index is 1.26. The van der Waals surface area contributed by atoms with Gasteiger partial charge in [0.25, 0.3) is 11.8 Å². The maximum absolute atomic E-state index is 15.4. The van der Waals surface area contributed by atoms with Crippen molar-refractivity contribution < 1.29 is 28.7 Å². The van der Waals surface area contributed by atoms with Gasteiger partial charge in [-0.1, -0.05) is 96.6 Å². The van der Waals surface area contributed by atoms with Gasteiger partial charge in [0.15, 0.2) is 0 Å². The van der Waals surface area contributed by atoms with Crippen LogP contribution in [-0.2, 0) is 24.6 Å². The number of fused-ring (bicyclic) bond motifs is 5. The molecule has 5 aromatic carbocycles. The highest BCUT2D eigenvalue weighted by molar-refractivity contribution is 6.30. The van der Waals surface area contributed by atoms with Crippen molar-refractivity contribution in [2.45, 2.75) is 24.2 Å². The summed E-state index contributed by atoms with van der Waals surface area (Å²) in [4.78, 5) is 60.2. The first-order valence-electron chi connectivity index (χ1n) is 17.8. The topological polar surface area (TPSA) is 107 Å². The summed E-state index contributed by atoms with van der Waals surface area (Å²) in [5, 5.41) is 14.9. The van der Waals surface area contributed by atoms with Gasteiger partial charge in [0.2, 0.25) is 11.8 Å². The molecule has 4 amide bonds. The lowest BCUT2D eigenvalue weighted by molar-refractivity contribution is -0.138. The van der Waals surface area contributed by atoms with Crippen LogP contribution in [0.3, 0.4) is 0 Å². The molecule has 8 nitrogen and oxygen atoms in total. The van der Waals surface area contributed by atoms with Crippen molar-refractivity contribution in [3.8, 4) is 5.75 Å². The number of halogens is 2. The fraction of sp³-hybridized carbons (Fsp3) is 0.182. The third-order valence-electron chi connectivity index (χ3n) is 11.9. The molecule has 3 fully saturated rings. The number of imide groups is 2. The van der Waals surface area contributed by atoms with E-state index in [1.54, 1.807) is 66.7 Å². The van der Waals surface area contributed by atoms with Crippen molar-refractivity contribution in [3.63, 3.8) is 0 Å². The largest absolute Gasteiger partial charge is 0.507 e. The minimum atomic E-state index is -1.62. The molecule has 6 unspecified atom stereocenters. The summed E-state index contributed by atoms with van der Waals surface area (Å²) in [6.45, 7) is 3.80. The second kappa shape index (κ2) is 12.5. The Labute approximate surface area is 315 Å². The molecule has 54 heavy (non-hydrogen) atoms. The third kappa shape index (κ3) is 4.81. The van der Waals surface area contributed by atoms with E-state index in [2.05, 4.69) is 12.0 Å². The lowest BCUT2D eigenvalue weighted by Gasteiger charge is -2.50. The summed E-state index contributed by atoms with van der Waals surface area (Å²) >= 11 is 6.40. The number of amides is 4. The second-order valence-corrected chi connectivity index (χ2v) is 14.8. The van der Waals surface area contributed by atoms with E-state index in [0.717, 1.165) is 16.0 Å². The van der Waals surface area contributed by atoms with Crippen LogP contribution in [0.4, 0.5) is 15.8 Å². The molecule has 268 valence electrons. The summed E-state index contributed by atoms with van der Waals surface area (Å²) in [6, 6.07) is 30.2. The van der Waals surface area contributed by atoms with Gasteiger partial charge in [-0.05, 0) is 83.8 Å². The maximum Gasteiger partial charge on any atom is 0.260 e. The van der Waals surface area contributed by atoms with Crippen LogP contribution in [0.5, 0.6) is 5.75 Å². The number of carbonyl (C=O) groups excluding carboxylic acids is 4. The van der Waals surface area contributed by atoms with E-state index in [4.69, 9.17) is 11.6 Å². The number of anilines is 2. The molecule has 6 atom stereocenters. The normalized spacial score (nSPS) is 26.0. The van der Waals surface area contributed by atoms with E-state index >= 15 is 4.79 Å². The quantitative estimate of drug-likeness (QED) is 0.135. The first-order valence-corrected chi connectivity index (χ1v) is 18.2. The summed E-state index contributed by atoms with van der Waals surface area (Å²) in [5.41, 5.74) is 4.58. The van der Waals surface area contributed by atoms with E-state index in [0.29, 0.717) is 38.5 Å². The molecular weight excluding hydrogens is 705 g/mol. The van der Waals surface area contributed by atoms with Crippen LogP contribution < -0.4 is 10.3 Å². The van der Waals surface area contributed by atoms with Crippen molar-refractivity contribution in [1.82, 2.24) is 5.01 Å². The zero-order valence-corrected chi connectivity index (χ0v) is 29.5. The standard InChI is InChI=1S/C44H33ClFN3O5/c1-2-24-7-18-30(19-8-24)48-40(51)33-22-21-32-35(37(33)42(48)53)23-36-41(52)49(47-29-16-14-28(46)15-17-29)43(54)44(36,26-10-12-27(45)13-11-26)38(32)34-20-9-25-5-3-4-6-31(25)39(34)50/h2-21,33,35-38,47,50H,1,22-23H2. The lowest BCUT2D eigenvalue weighted by atomic mass is 9.49. The van der Waals surface area contributed by atoms with Crippen LogP contribution in [0.25, 0.3) is 16.8 Å².